The van der Waals surface area contributed by atoms with E-state index in [4.69, 9.17) is 4.42 Å². The van der Waals surface area contributed by atoms with Crippen LogP contribution in [0.3, 0.4) is 0 Å². The molecule has 2 heterocycles. The molecule has 0 aliphatic rings. The summed E-state index contributed by atoms with van der Waals surface area (Å²) in [7, 11) is 0. The van der Waals surface area contributed by atoms with Crippen molar-refractivity contribution in [1.29, 1.82) is 0 Å². The number of tetrazole rings is 1. The van der Waals surface area contributed by atoms with Gasteiger partial charge in [0, 0.05) is 22.2 Å². The van der Waals surface area contributed by atoms with Crippen molar-refractivity contribution >= 4 is 35.1 Å². The number of alkyl halides is 2. The molecule has 0 atom stereocenters. The van der Waals surface area contributed by atoms with E-state index in [1.807, 2.05) is 30.3 Å². The number of nitrogens with zero attached hydrogens (tertiary/aromatic N) is 4. The summed E-state index contributed by atoms with van der Waals surface area (Å²) >= 11 is 0.432. The molecule has 0 spiro atoms. The number of hydrogen-bond donors (Lipinski definition) is 1. The molecule has 0 saturated heterocycles. The Bertz CT molecular complexity index is 1180. The molecular formula is C21H15F2N5O2S. The standard InChI is InChI=1S/C21H15F2N5O2S/c22-21(23)31-17-10-8-15(9-11-17)24-20(29)18(13-16-7-4-12-30-16)28-19(25-26-27-28)14-5-2-1-3-6-14/h1-13,21H,(H,24,29)/b18-13-. The molecule has 7 nitrogen and oxygen atoms in total. The van der Waals surface area contributed by atoms with E-state index in [2.05, 4.69) is 20.8 Å². The normalized spacial score (nSPS) is 11.6. The van der Waals surface area contributed by atoms with Gasteiger partial charge in [-0.05, 0) is 46.8 Å². The lowest BCUT2D eigenvalue weighted by Gasteiger charge is -2.11. The highest BCUT2D eigenvalue weighted by atomic mass is 32.2. The van der Waals surface area contributed by atoms with Crippen molar-refractivity contribution in [2.24, 2.45) is 0 Å². The highest BCUT2D eigenvalue weighted by Gasteiger charge is 2.20. The Morgan fingerprint density at radius 2 is 1.84 bits per heavy atom. The van der Waals surface area contributed by atoms with Crippen LogP contribution in [-0.4, -0.2) is 31.9 Å². The van der Waals surface area contributed by atoms with Crippen molar-refractivity contribution < 1.29 is 18.0 Å². The zero-order chi connectivity index (χ0) is 21.6. The summed E-state index contributed by atoms with van der Waals surface area (Å²) in [6.07, 6.45) is 3.00. The van der Waals surface area contributed by atoms with Crippen LogP contribution in [0.4, 0.5) is 14.5 Å². The van der Waals surface area contributed by atoms with E-state index in [0.29, 0.717) is 33.9 Å². The zero-order valence-electron chi connectivity index (χ0n) is 15.9. The first-order valence-electron chi connectivity index (χ1n) is 9.06. The largest absolute Gasteiger partial charge is 0.465 e. The molecular weight excluding hydrogens is 424 g/mol. The third-order valence-electron chi connectivity index (χ3n) is 4.12. The number of benzene rings is 2. The average Bonchev–Trinajstić information content (AvgIpc) is 3.45. The minimum Gasteiger partial charge on any atom is -0.465 e. The molecule has 0 unspecified atom stereocenters. The summed E-state index contributed by atoms with van der Waals surface area (Å²) in [6.45, 7) is 0. The van der Waals surface area contributed by atoms with Crippen LogP contribution in [0.15, 0.2) is 82.3 Å². The van der Waals surface area contributed by atoms with Crippen LogP contribution in [0.1, 0.15) is 5.76 Å². The highest BCUT2D eigenvalue weighted by molar-refractivity contribution is 7.99. The molecule has 0 aliphatic carbocycles. The van der Waals surface area contributed by atoms with Gasteiger partial charge in [-0.25, -0.2) is 0 Å². The van der Waals surface area contributed by atoms with Gasteiger partial charge in [0.2, 0.25) is 0 Å². The fraction of sp³-hybridized carbons (Fsp3) is 0.0476. The molecule has 1 N–H and O–H groups in total. The van der Waals surface area contributed by atoms with Crippen LogP contribution in [0, 0.1) is 0 Å². The summed E-state index contributed by atoms with van der Waals surface area (Å²) in [5, 5.41) is 14.5. The minimum absolute atomic E-state index is 0.116. The van der Waals surface area contributed by atoms with Gasteiger partial charge in [0.25, 0.3) is 11.7 Å². The lowest BCUT2D eigenvalue weighted by Crippen LogP contribution is -2.19. The second-order valence-electron chi connectivity index (χ2n) is 6.18. The van der Waals surface area contributed by atoms with Gasteiger partial charge < -0.3 is 9.73 Å². The summed E-state index contributed by atoms with van der Waals surface area (Å²) < 4.78 is 31.7. The van der Waals surface area contributed by atoms with Gasteiger partial charge in [0.05, 0.1) is 6.26 Å². The van der Waals surface area contributed by atoms with Gasteiger partial charge in [0.15, 0.2) is 5.82 Å². The topological polar surface area (TPSA) is 85.8 Å². The molecule has 0 fully saturated rings. The van der Waals surface area contributed by atoms with Crippen molar-refractivity contribution in [3.8, 4) is 11.4 Å². The number of thioether (sulfide) groups is 1. The van der Waals surface area contributed by atoms with Crippen LogP contribution in [-0.2, 0) is 4.79 Å². The lowest BCUT2D eigenvalue weighted by molar-refractivity contribution is -0.111. The van der Waals surface area contributed by atoms with Crippen LogP contribution in [0.5, 0.6) is 0 Å². The predicted octanol–water partition coefficient (Wildman–Crippen LogP) is 4.88. The third kappa shape index (κ3) is 5.04. The van der Waals surface area contributed by atoms with Gasteiger partial charge >= 0.3 is 0 Å². The number of aromatic nitrogens is 4. The summed E-state index contributed by atoms with van der Waals surface area (Å²) in [6, 6.07) is 18.7. The summed E-state index contributed by atoms with van der Waals surface area (Å²) in [5.74, 6) is -2.21. The zero-order valence-corrected chi connectivity index (χ0v) is 16.7. The molecule has 1 amide bonds. The third-order valence-corrected chi connectivity index (χ3v) is 4.84. The Labute approximate surface area is 179 Å². The summed E-state index contributed by atoms with van der Waals surface area (Å²) in [5.41, 5.74) is 1.27. The maximum Gasteiger partial charge on any atom is 0.288 e. The summed E-state index contributed by atoms with van der Waals surface area (Å²) in [4.78, 5) is 13.5. The molecule has 156 valence electrons. The second-order valence-corrected chi connectivity index (χ2v) is 7.25. The number of rotatable bonds is 7. The highest BCUT2D eigenvalue weighted by Crippen LogP contribution is 2.27. The average molecular weight is 439 g/mol. The van der Waals surface area contributed by atoms with Gasteiger partial charge in [0.1, 0.15) is 11.5 Å². The fourth-order valence-corrected chi connectivity index (χ4v) is 3.26. The molecule has 0 radical (unpaired) electrons. The van der Waals surface area contributed by atoms with Gasteiger partial charge in [-0.15, -0.1) is 5.10 Å². The Morgan fingerprint density at radius 3 is 2.52 bits per heavy atom. The van der Waals surface area contributed by atoms with E-state index in [1.165, 1.54) is 29.2 Å². The van der Waals surface area contributed by atoms with Crippen LogP contribution in [0.2, 0.25) is 0 Å². The fourth-order valence-electron chi connectivity index (χ4n) is 2.76. The van der Waals surface area contributed by atoms with E-state index in [-0.39, 0.29) is 5.70 Å². The van der Waals surface area contributed by atoms with E-state index in [1.54, 1.807) is 24.3 Å². The van der Waals surface area contributed by atoms with E-state index < -0.39 is 11.7 Å². The van der Waals surface area contributed by atoms with E-state index >= 15 is 0 Å². The number of furan rings is 1. The first-order chi connectivity index (χ1) is 15.1. The Balaban J connectivity index is 1.66. The Morgan fingerprint density at radius 1 is 1.06 bits per heavy atom. The van der Waals surface area contributed by atoms with Crippen LogP contribution >= 0.6 is 11.8 Å². The van der Waals surface area contributed by atoms with Crippen LogP contribution < -0.4 is 5.32 Å². The quantitative estimate of drug-likeness (QED) is 0.326. The molecule has 0 saturated carbocycles. The van der Waals surface area contributed by atoms with Crippen LogP contribution in [0.25, 0.3) is 23.2 Å². The number of amides is 1. The van der Waals surface area contributed by atoms with Gasteiger partial charge in [-0.1, -0.05) is 42.1 Å². The molecule has 4 aromatic rings. The SMILES string of the molecule is O=C(Nc1ccc(SC(F)F)cc1)/C(=C/c1ccco1)n1nnnc1-c1ccccc1. The number of halogens is 2. The predicted molar refractivity (Wildman–Crippen MR) is 113 cm³/mol. The van der Waals surface area contributed by atoms with Crippen molar-refractivity contribution in [2.45, 2.75) is 10.7 Å². The van der Waals surface area contributed by atoms with Crippen molar-refractivity contribution in [3.05, 3.63) is 78.8 Å². The smallest absolute Gasteiger partial charge is 0.288 e. The van der Waals surface area contributed by atoms with Gasteiger partial charge in [-0.2, -0.15) is 13.5 Å². The number of carbonyl (C=O) groups is 1. The van der Waals surface area contributed by atoms with Crippen molar-refractivity contribution in [3.63, 3.8) is 0 Å². The number of hydrogen-bond acceptors (Lipinski definition) is 6. The van der Waals surface area contributed by atoms with Crippen molar-refractivity contribution in [1.82, 2.24) is 20.2 Å². The number of carbonyl (C=O) groups excluding carboxylic acids is 1. The number of anilines is 1. The van der Waals surface area contributed by atoms with E-state index in [0.717, 1.165) is 5.56 Å². The maximum absolute atomic E-state index is 13.1. The Hall–Kier alpha value is -3.79. The second kappa shape index (κ2) is 9.35. The number of nitrogens with one attached hydrogen (secondary N) is 1. The molecule has 0 aliphatic heterocycles. The maximum atomic E-state index is 13.1. The minimum atomic E-state index is -2.51. The molecule has 2 aromatic carbocycles. The molecule has 4 rings (SSSR count). The lowest BCUT2D eigenvalue weighted by atomic mass is 10.2. The molecule has 10 heteroatoms. The Kier molecular flexibility index (Phi) is 6.18. The molecule has 2 aromatic heterocycles. The monoisotopic (exact) mass is 439 g/mol. The molecule has 0 bridgehead atoms. The first kappa shape index (κ1) is 20.5. The molecule has 31 heavy (non-hydrogen) atoms. The van der Waals surface area contributed by atoms with Gasteiger partial charge in [-0.3, -0.25) is 4.79 Å². The van der Waals surface area contributed by atoms with E-state index in [9.17, 15) is 13.6 Å². The first-order valence-corrected chi connectivity index (χ1v) is 9.94. The van der Waals surface area contributed by atoms with Crippen molar-refractivity contribution in [2.75, 3.05) is 5.32 Å².